The molecule has 2 aromatic heterocycles. The molecule has 0 saturated heterocycles. The van der Waals surface area contributed by atoms with E-state index in [-0.39, 0.29) is 11.7 Å². The van der Waals surface area contributed by atoms with Crippen molar-refractivity contribution in [2.45, 2.75) is 23.1 Å². The Morgan fingerprint density at radius 2 is 1.81 bits per heavy atom. The van der Waals surface area contributed by atoms with Crippen molar-refractivity contribution < 1.29 is 0 Å². The standard InChI is InChI=1S/C18H16Cl2N6S/c1-11(25(2)3)17-23-24-18(26(17)13-6-4-12(19)5-7-13)27-16-9-8-14(20)15(10-21)22-16/h4-9,11H,1-3H3. The van der Waals surface area contributed by atoms with Crippen molar-refractivity contribution in [3.05, 3.63) is 58.0 Å². The summed E-state index contributed by atoms with van der Waals surface area (Å²) in [6.45, 7) is 2.05. The SMILES string of the molecule is CC(c1nnc(Sc2ccc(Cl)c(C#N)n2)n1-c1ccc(Cl)cc1)N(C)C. The van der Waals surface area contributed by atoms with Gasteiger partial charge < -0.3 is 0 Å². The summed E-state index contributed by atoms with van der Waals surface area (Å²) in [6, 6.07) is 12.9. The molecule has 0 amide bonds. The third-order valence-corrected chi connectivity index (χ3v) is 5.45. The van der Waals surface area contributed by atoms with Gasteiger partial charge in [-0.3, -0.25) is 9.47 Å². The van der Waals surface area contributed by atoms with Gasteiger partial charge in [-0.1, -0.05) is 23.2 Å². The smallest absolute Gasteiger partial charge is 0.202 e. The minimum atomic E-state index is 0.0374. The van der Waals surface area contributed by atoms with Gasteiger partial charge in [0, 0.05) is 10.7 Å². The van der Waals surface area contributed by atoms with Crippen LogP contribution in [0, 0.1) is 11.3 Å². The van der Waals surface area contributed by atoms with Crippen LogP contribution in [0.4, 0.5) is 0 Å². The summed E-state index contributed by atoms with van der Waals surface area (Å²) in [5.74, 6) is 0.791. The van der Waals surface area contributed by atoms with E-state index in [4.69, 9.17) is 28.5 Å². The molecule has 9 heteroatoms. The lowest BCUT2D eigenvalue weighted by molar-refractivity contribution is 0.305. The number of nitrogens with zero attached hydrogens (tertiary/aromatic N) is 6. The maximum atomic E-state index is 9.15. The number of benzene rings is 1. The van der Waals surface area contributed by atoms with Gasteiger partial charge in [-0.15, -0.1) is 10.2 Å². The second-order valence-corrected chi connectivity index (χ2v) is 7.82. The first-order valence-corrected chi connectivity index (χ1v) is 9.60. The lowest BCUT2D eigenvalue weighted by Crippen LogP contribution is -2.20. The summed E-state index contributed by atoms with van der Waals surface area (Å²) < 4.78 is 1.97. The number of hydrogen-bond donors (Lipinski definition) is 0. The van der Waals surface area contributed by atoms with Gasteiger partial charge in [0.2, 0.25) is 5.16 Å². The third-order valence-electron chi connectivity index (χ3n) is 4.01. The minimum absolute atomic E-state index is 0.0374. The average molecular weight is 419 g/mol. The summed E-state index contributed by atoms with van der Waals surface area (Å²) in [7, 11) is 3.97. The number of pyridine rings is 1. The van der Waals surface area contributed by atoms with Gasteiger partial charge in [0.05, 0.1) is 11.1 Å². The Kier molecular flexibility index (Phi) is 6.02. The molecule has 6 nitrogen and oxygen atoms in total. The number of aromatic nitrogens is 4. The molecule has 0 spiro atoms. The van der Waals surface area contributed by atoms with Crippen molar-refractivity contribution in [2.75, 3.05) is 14.1 Å². The molecule has 27 heavy (non-hydrogen) atoms. The van der Waals surface area contributed by atoms with Crippen molar-refractivity contribution >= 4 is 35.0 Å². The fourth-order valence-electron chi connectivity index (χ4n) is 2.33. The summed E-state index contributed by atoms with van der Waals surface area (Å²) in [5.41, 5.74) is 1.08. The van der Waals surface area contributed by atoms with Gasteiger partial charge >= 0.3 is 0 Å². The molecule has 2 heterocycles. The predicted molar refractivity (Wildman–Crippen MR) is 107 cm³/mol. The van der Waals surface area contributed by atoms with Crippen molar-refractivity contribution in [1.82, 2.24) is 24.6 Å². The summed E-state index contributed by atoms with van der Waals surface area (Å²) >= 11 is 13.3. The zero-order valence-corrected chi connectivity index (χ0v) is 17.2. The van der Waals surface area contributed by atoms with Crippen LogP contribution in [0.2, 0.25) is 10.0 Å². The van der Waals surface area contributed by atoms with Crippen LogP contribution in [0.3, 0.4) is 0 Å². The topological polar surface area (TPSA) is 70.6 Å². The number of rotatable bonds is 5. The molecule has 0 bridgehead atoms. The van der Waals surface area contributed by atoms with Crippen molar-refractivity contribution in [3.63, 3.8) is 0 Å². The molecule has 138 valence electrons. The maximum Gasteiger partial charge on any atom is 0.202 e. The molecular weight excluding hydrogens is 403 g/mol. The van der Waals surface area contributed by atoms with E-state index in [0.717, 1.165) is 11.5 Å². The summed E-state index contributed by atoms with van der Waals surface area (Å²) in [5, 5.41) is 20.1. The van der Waals surface area contributed by atoms with Gasteiger partial charge in [0.25, 0.3) is 0 Å². The zero-order valence-electron chi connectivity index (χ0n) is 14.9. The highest BCUT2D eigenvalue weighted by molar-refractivity contribution is 7.99. The van der Waals surface area contributed by atoms with Crippen LogP contribution in [0.25, 0.3) is 5.69 Å². The molecule has 0 N–H and O–H groups in total. The lowest BCUT2D eigenvalue weighted by Gasteiger charge is -2.20. The molecule has 0 radical (unpaired) electrons. The summed E-state index contributed by atoms with van der Waals surface area (Å²) in [6.07, 6.45) is 0. The highest BCUT2D eigenvalue weighted by atomic mass is 35.5. The monoisotopic (exact) mass is 418 g/mol. The van der Waals surface area contributed by atoms with E-state index in [0.29, 0.717) is 20.2 Å². The van der Waals surface area contributed by atoms with Gasteiger partial charge in [0.15, 0.2) is 11.5 Å². The van der Waals surface area contributed by atoms with E-state index in [1.807, 2.05) is 49.0 Å². The second-order valence-electron chi connectivity index (χ2n) is 5.99. The second kappa shape index (κ2) is 8.28. The van der Waals surface area contributed by atoms with Gasteiger partial charge in [-0.25, -0.2) is 4.98 Å². The first-order valence-electron chi connectivity index (χ1n) is 8.03. The van der Waals surface area contributed by atoms with Crippen LogP contribution in [0.15, 0.2) is 46.6 Å². The van der Waals surface area contributed by atoms with E-state index in [1.165, 1.54) is 11.8 Å². The molecule has 0 aliphatic heterocycles. The third kappa shape index (κ3) is 4.25. The average Bonchev–Trinajstić information content (AvgIpc) is 3.06. The Balaban J connectivity index is 2.08. The number of nitriles is 1. The van der Waals surface area contributed by atoms with Crippen LogP contribution in [-0.2, 0) is 0 Å². The molecule has 0 fully saturated rings. The van der Waals surface area contributed by atoms with Gasteiger partial charge in [-0.2, -0.15) is 5.26 Å². The molecule has 3 rings (SSSR count). The Labute approximate surface area is 171 Å². The fourth-order valence-corrected chi connectivity index (χ4v) is 3.44. The zero-order chi connectivity index (χ0) is 19.6. The Hall–Kier alpha value is -2.11. The largest absolute Gasteiger partial charge is 0.300 e. The maximum absolute atomic E-state index is 9.15. The first-order chi connectivity index (χ1) is 12.9. The molecule has 1 unspecified atom stereocenters. The van der Waals surface area contributed by atoms with Crippen LogP contribution < -0.4 is 0 Å². The highest BCUT2D eigenvalue weighted by Gasteiger charge is 2.21. The van der Waals surface area contributed by atoms with Crippen molar-refractivity contribution in [1.29, 1.82) is 5.26 Å². The molecule has 0 aliphatic rings. The fraction of sp³-hybridized carbons (Fsp3) is 0.222. The van der Waals surface area contributed by atoms with E-state index < -0.39 is 0 Å². The van der Waals surface area contributed by atoms with E-state index >= 15 is 0 Å². The summed E-state index contributed by atoms with van der Waals surface area (Å²) in [4.78, 5) is 6.34. The molecular formula is C18H16Cl2N6S. The van der Waals surface area contributed by atoms with E-state index in [2.05, 4.69) is 27.0 Å². The van der Waals surface area contributed by atoms with Crippen LogP contribution in [0.1, 0.15) is 24.5 Å². The Morgan fingerprint density at radius 1 is 1.11 bits per heavy atom. The van der Waals surface area contributed by atoms with Crippen molar-refractivity contribution in [2.24, 2.45) is 0 Å². The molecule has 1 atom stereocenters. The molecule has 3 aromatic rings. The molecule has 0 saturated carbocycles. The predicted octanol–water partition coefficient (Wildman–Crippen LogP) is 4.61. The lowest BCUT2D eigenvalue weighted by atomic mass is 10.2. The quantitative estimate of drug-likeness (QED) is 0.601. The highest BCUT2D eigenvalue weighted by Crippen LogP contribution is 2.31. The van der Waals surface area contributed by atoms with Crippen LogP contribution in [0.5, 0.6) is 0 Å². The first kappa shape index (κ1) is 19.6. The Bertz CT molecular complexity index is 994. The normalized spacial score (nSPS) is 12.2. The molecule has 0 aliphatic carbocycles. The Morgan fingerprint density at radius 3 is 2.44 bits per heavy atom. The minimum Gasteiger partial charge on any atom is -0.300 e. The number of hydrogen-bond acceptors (Lipinski definition) is 6. The van der Waals surface area contributed by atoms with Gasteiger partial charge in [0.1, 0.15) is 11.1 Å². The van der Waals surface area contributed by atoms with E-state index in [9.17, 15) is 0 Å². The molecule has 1 aromatic carbocycles. The van der Waals surface area contributed by atoms with E-state index in [1.54, 1.807) is 12.1 Å². The van der Waals surface area contributed by atoms with Crippen LogP contribution >= 0.6 is 35.0 Å². The van der Waals surface area contributed by atoms with Crippen molar-refractivity contribution in [3.8, 4) is 11.8 Å². The number of halogens is 2. The van der Waals surface area contributed by atoms with Crippen LogP contribution in [-0.4, -0.2) is 38.7 Å². The van der Waals surface area contributed by atoms with Gasteiger partial charge in [-0.05, 0) is 69.2 Å².